The van der Waals surface area contributed by atoms with E-state index in [0.29, 0.717) is 5.75 Å². The minimum atomic E-state index is -1.89. The molecule has 0 spiro atoms. The van der Waals surface area contributed by atoms with Gasteiger partial charge in [-0.2, -0.15) is 0 Å². The fourth-order valence-corrected chi connectivity index (χ4v) is 4.92. The van der Waals surface area contributed by atoms with Crippen LogP contribution >= 0.6 is 0 Å². The van der Waals surface area contributed by atoms with Crippen molar-refractivity contribution < 1.29 is 49.3 Å². The van der Waals surface area contributed by atoms with Crippen molar-refractivity contribution in [1.29, 1.82) is 0 Å². The summed E-state index contributed by atoms with van der Waals surface area (Å²) in [5.41, 5.74) is 5.95. The van der Waals surface area contributed by atoms with Crippen LogP contribution in [0.5, 0.6) is 5.75 Å². The van der Waals surface area contributed by atoms with Gasteiger partial charge in [-0.3, -0.25) is 0 Å². The third kappa shape index (κ3) is 8.44. The van der Waals surface area contributed by atoms with Crippen molar-refractivity contribution in [1.82, 2.24) is 5.32 Å². The van der Waals surface area contributed by atoms with Gasteiger partial charge in [0.15, 0.2) is 12.1 Å². The van der Waals surface area contributed by atoms with E-state index in [-0.39, 0.29) is 25.2 Å². The fourth-order valence-electron chi connectivity index (χ4n) is 4.92. The lowest BCUT2D eigenvalue weighted by Gasteiger charge is -2.46. The number of nitrogens with one attached hydrogen (secondary N) is 1. The molecule has 226 valence electrons. The SMILES string of the molecule is C/C=C/[C@@H](C[C@@H]1O[C@](O)(C[C@@H](O)C(C)C)C[C@H](O)[C@H]1NC(=O)Oc1ccccc1)OC1OC(C)C(O)C(N)C1O. The quantitative estimate of drug-likeness (QED) is 0.195. The highest BCUT2D eigenvalue weighted by Gasteiger charge is 2.49. The molecule has 2 aliphatic rings. The van der Waals surface area contributed by atoms with E-state index in [0.717, 1.165) is 0 Å². The van der Waals surface area contributed by atoms with E-state index < -0.39 is 73.0 Å². The van der Waals surface area contributed by atoms with Gasteiger partial charge in [-0.05, 0) is 31.9 Å². The Morgan fingerprint density at radius 3 is 2.52 bits per heavy atom. The minimum Gasteiger partial charge on any atom is -0.410 e. The molecule has 12 heteroatoms. The van der Waals surface area contributed by atoms with Crippen molar-refractivity contribution in [3.05, 3.63) is 42.5 Å². The molecule has 12 nitrogen and oxygen atoms in total. The molecule has 1 amide bonds. The molecule has 2 fully saturated rings. The third-order valence-electron chi connectivity index (χ3n) is 7.33. The summed E-state index contributed by atoms with van der Waals surface area (Å²) in [6.07, 6.45) is -6.17. The lowest BCUT2D eigenvalue weighted by atomic mass is 9.86. The number of aliphatic hydroxyl groups excluding tert-OH is 4. The Morgan fingerprint density at radius 1 is 1.23 bits per heavy atom. The summed E-state index contributed by atoms with van der Waals surface area (Å²) in [5.74, 6) is -1.77. The van der Waals surface area contributed by atoms with Gasteiger partial charge < -0.3 is 55.5 Å². The standard InChI is InChI=1S/C28H44N2O10/c1-5-9-18(38-26-25(34)22(29)24(33)16(4)37-26)12-21-23(30-27(35)39-17-10-7-6-8-11-17)20(32)14-28(36,40-21)13-19(31)15(2)3/h5-11,15-16,18-26,31-34,36H,12-14,29H2,1-4H3,(H,30,35)/b9-5+/t16?,18-,19+,20-,21-,22?,23+,24?,25?,26?,28+/m0/s1. The van der Waals surface area contributed by atoms with Crippen molar-refractivity contribution in [3.8, 4) is 5.75 Å². The van der Waals surface area contributed by atoms with E-state index in [1.165, 1.54) is 0 Å². The minimum absolute atomic E-state index is 0.00345. The number of hydrogen-bond acceptors (Lipinski definition) is 11. The monoisotopic (exact) mass is 568 g/mol. The van der Waals surface area contributed by atoms with Crippen LogP contribution < -0.4 is 15.8 Å². The lowest BCUT2D eigenvalue weighted by Crippen LogP contribution is -2.63. The number of carbonyl (C=O) groups is 1. The highest BCUT2D eigenvalue weighted by Crippen LogP contribution is 2.35. The Labute approximate surface area is 234 Å². The molecular weight excluding hydrogens is 524 g/mol. The molecule has 0 aromatic heterocycles. The molecule has 8 N–H and O–H groups in total. The summed E-state index contributed by atoms with van der Waals surface area (Å²) in [6, 6.07) is 6.36. The van der Waals surface area contributed by atoms with Crippen LogP contribution in [-0.4, -0.2) is 98.5 Å². The van der Waals surface area contributed by atoms with E-state index in [1.54, 1.807) is 70.2 Å². The number of carbonyl (C=O) groups excluding carboxylic acids is 1. The first-order chi connectivity index (χ1) is 18.8. The van der Waals surface area contributed by atoms with Crippen molar-refractivity contribution >= 4 is 6.09 Å². The first-order valence-electron chi connectivity index (χ1n) is 13.7. The van der Waals surface area contributed by atoms with Gasteiger partial charge in [-0.15, -0.1) is 0 Å². The Morgan fingerprint density at radius 2 is 1.90 bits per heavy atom. The summed E-state index contributed by atoms with van der Waals surface area (Å²) in [7, 11) is 0. The second-order valence-electron chi connectivity index (χ2n) is 11.0. The molecule has 0 saturated carbocycles. The zero-order valence-corrected chi connectivity index (χ0v) is 23.4. The number of aliphatic hydroxyl groups is 5. The number of rotatable bonds is 10. The van der Waals surface area contributed by atoms with Gasteiger partial charge in [0.05, 0.1) is 48.7 Å². The van der Waals surface area contributed by atoms with Crippen LogP contribution in [0.4, 0.5) is 4.79 Å². The molecule has 3 rings (SSSR count). The predicted molar refractivity (Wildman–Crippen MR) is 144 cm³/mol. The normalized spacial score (nSPS) is 36.4. The molecule has 0 radical (unpaired) electrons. The molecule has 2 aliphatic heterocycles. The van der Waals surface area contributed by atoms with Gasteiger partial charge >= 0.3 is 6.09 Å². The zero-order chi connectivity index (χ0) is 29.6. The van der Waals surface area contributed by atoms with Crippen LogP contribution in [0.1, 0.15) is 47.0 Å². The van der Waals surface area contributed by atoms with Crippen LogP contribution in [0.2, 0.25) is 0 Å². The molecule has 5 unspecified atom stereocenters. The smallest absolute Gasteiger partial charge is 0.410 e. The molecule has 0 aliphatic carbocycles. The molecule has 2 heterocycles. The second-order valence-corrected chi connectivity index (χ2v) is 11.0. The molecule has 1 aromatic rings. The second kappa shape index (κ2) is 14.2. The third-order valence-corrected chi connectivity index (χ3v) is 7.33. The fraction of sp³-hybridized carbons (Fsp3) is 0.679. The van der Waals surface area contributed by atoms with Crippen LogP contribution in [0, 0.1) is 5.92 Å². The summed E-state index contributed by atoms with van der Waals surface area (Å²) < 4.78 is 23.1. The Balaban J connectivity index is 1.81. The zero-order valence-electron chi connectivity index (χ0n) is 23.4. The van der Waals surface area contributed by atoms with Gasteiger partial charge in [-0.1, -0.05) is 44.2 Å². The number of para-hydroxylation sites is 1. The first-order valence-corrected chi connectivity index (χ1v) is 13.7. The molecule has 1 aromatic carbocycles. The van der Waals surface area contributed by atoms with Crippen LogP contribution in [-0.2, 0) is 14.2 Å². The van der Waals surface area contributed by atoms with Crippen molar-refractivity contribution in [2.75, 3.05) is 0 Å². The molecule has 2 saturated heterocycles. The van der Waals surface area contributed by atoms with E-state index >= 15 is 0 Å². The average molecular weight is 569 g/mol. The highest BCUT2D eigenvalue weighted by atomic mass is 16.7. The van der Waals surface area contributed by atoms with Gasteiger partial charge in [-0.25, -0.2) is 4.79 Å². The van der Waals surface area contributed by atoms with Crippen LogP contribution in [0.3, 0.4) is 0 Å². The average Bonchev–Trinajstić information content (AvgIpc) is 2.88. The molecule has 40 heavy (non-hydrogen) atoms. The van der Waals surface area contributed by atoms with E-state index in [2.05, 4.69) is 5.32 Å². The van der Waals surface area contributed by atoms with Gasteiger partial charge in [0.25, 0.3) is 0 Å². The van der Waals surface area contributed by atoms with Crippen molar-refractivity contribution in [2.24, 2.45) is 11.7 Å². The number of allylic oxidation sites excluding steroid dienone is 1. The largest absolute Gasteiger partial charge is 0.413 e. The van der Waals surface area contributed by atoms with E-state index in [9.17, 15) is 30.3 Å². The first kappa shape index (κ1) is 32.4. The summed E-state index contributed by atoms with van der Waals surface area (Å²) >= 11 is 0. The molecule has 11 atom stereocenters. The number of nitrogens with two attached hydrogens (primary N) is 1. The summed E-state index contributed by atoms with van der Waals surface area (Å²) in [5, 5.41) is 56.1. The number of hydrogen-bond donors (Lipinski definition) is 7. The molecular formula is C28H44N2O10. The van der Waals surface area contributed by atoms with Gasteiger partial charge in [0, 0.05) is 19.3 Å². The van der Waals surface area contributed by atoms with Crippen LogP contribution in [0.25, 0.3) is 0 Å². The Bertz CT molecular complexity index is 966. The van der Waals surface area contributed by atoms with Gasteiger partial charge in [0.1, 0.15) is 11.9 Å². The van der Waals surface area contributed by atoms with Crippen molar-refractivity contribution in [2.45, 2.75) is 114 Å². The number of benzene rings is 1. The number of amides is 1. The molecule has 0 bridgehead atoms. The predicted octanol–water partition coefficient (Wildman–Crippen LogP) is 0.534. The maximum absolute atomic E-state index is 12.7. The van der Waals surface area contributed by atoms with Crippen molar-refractivity contribution in [3.63, 3.8) is 0 Å². The van der Waals surface area contributed by atoms with Gasteiger partial charge in [0.2, 0.25) is 0 Å². The van der Waals surface area contributed by atoms with Crippen LogP contribution in [0.15, 0.2) is 42.5 Å². The van der Waals surface area contributed by atoms with E-state index in [1.807, 2.05) is 0 Å². The topological polar surface area (TPSA) is 193 Å². The Kier molecular flexibility index (Phi) is 11.5. The lowest BCUT2D eigenvalue weighted by molar-refractivity contribution is -0.303. The maximum atomic E-state index is 12.7. The van der Waals surface area contributed by atoms with E-state index in [4.69, 9.17) is 24.7 Å². The Hall–Kier alpha value is -2.13. The highest BCUT2D eigenvalue weighted by molar-refractivity contribution is 5.70. The summed E-state index contributed by atoms with van der Waals surface area (Å²) in [4.78, 5) is 12.7. The summed E-state index contributed by atoms with van der Waals surface area (Å²) in [6.45, 7) is 6.95. The number of ether oxygens (including phenoxy) is 4. The maximum Gasteiger partial charge on any atom is 0.413 e.